The topological polar surface area (TPSA) is 41.3 Å². The monoisotopic (exact) mass is 335 g/mol. The summed E-state index contributed by atoms with van der Waals surface area (Å²) in [7, 11) is 0. The number of likely N-dealkylation sites (tertiary alicyclic amines) is 1. The highest BCUT2D eigenvalue weighted by molar-refractivity contribution is 5.74. The van der Waals surface area contributed by atoms with Gasteiger partial charge < -0.3 is 14.6 Å². The standard InChI is InChI=1S/C21H25N3O/c25-21(16-18-6-2-1-3-7-18)10-12-23(13-11-21)14-15-24-17-22-19-8-4-5-9-20(19)24/h1-9,17,25H,10-16H2. The van der Waals surface area contributed by atoms with E-state index in [1.54, 1.807) is 0 Å². The molecule has 3 aromatic rings. The van der Waals surface area contributed by atoms with Crippen molar-refractivity contribution in [3.05, 3.63) is 66.5 Å². The van der Waals surface area contributed by atoms with E-state index in [0.717, 1.165) is 51.0 Å². The largest absolute Gasteiger partial charge is 0.389 e. The van der Waals surface area contributed by atoms with Gasteiger partial charge in [-0.1, -0.05) is 42.5 Å². The van der Waals surface area contributed by atoms with Crippen LogP contribution in [0.4, 0.5) is 0 Å². The van der Waals surface area contributed by atoms with Gasteiger partial charge in [-0.2, -0.15) is 0 Å². The van der Waals surface area contributed by atoms with Crippen molar-refractivity contribution in [3.63, 3.8) is 0 Å². The van der Waals surface area contributed by atoms with Gasteiger partial charge in [0.25, 0.3) is 0 Å². The summed E-state index contributed by atoms with van der Waals surface area (Å²) in [5.41, 5.74) is 2.92. The molecule has 1 saturated heterocycles. The number of hydrogen-bond acceptors (Lipinski definition) is 3. The molecule has 25 heavy (non-hydrogen) atoms. The Balaban J connectivity index is 1.31. The summed E-state index contributed by atoms with van der Waals surface area (Å²) < 4.78 is 2.22. The molecule has 2 aromatic carbocycles. The van der Waals surface area contributed by atoms with E-state index in [2.05, 4.69) is 44.8 Å². The van der Waals surface area contributed by atoms with Gasteiger partial charge in [0.05, 0.1) is 23.0 Å². The fourth-order valence-corrected chi connectivity index (χ4v) is 3.78. The third kappa shape index (κ3) is 3.75. The van der Waals surface area contributed by atoms with Crippen LogP contribution in [-0.4, -0.2) is 44.8 Å². The van der Waals surface area contributed by atoms with Crippen molar-refractivity contribution in [2.75, 3.05) is 19.6 Å². The van der Waals surface area contributed by atoms with E-state index < -0.39 is 5.60 Å². The SMILES string of the molecule is OC1(Cc2ccccc2)CCN(CCn2cnc3ccccc32)CC1. The van der Waals surface area contributed by atoms with Crippen LogP contribution in [0.15, 0.2) is 60.9 Å². The molecule has 0 atom stereocenters. The van der Waals surface area contributed by atoms with Crippen molar-refractivity contribution in [1.82, 2.24) is 14.5 Å². The summed E-state index contributed by atoms with van der Waals surface area (Å²) in [6.07, 6.45) is 4.37. The number of para-hydroxylation sites is 2. The third-order valence-electron chi connectivity index (χ3n) is 5.35. The average Bonchev–Trinajstić information content (AvgIpc) is 3.05. The molecule has 2 heterocycles. The maximum Gasteiger partial charge on any atom is 0.0958 e. The lowest BCUT2D eigenvalue weighted by Gasteiger charge is -2.38. The van der Waals surface area contributed by atoms with Crippen LogP contribution in [0.25, 0.3) is 11.0 Å². The van der Waals surface area contributed by atoms with Gasteiger partial charge in [0.15, 0.2) is 0 Å². The van der Waals surface area contributed by atoms with Gasteiger partial charge in [-0.25, -0.2) is 4.98 Å². The Hall–Kier alpha value is -2.17. The van der Waals surface area contributed by atoms with Crippen LogP contribution in [0.5, 0.6) is 0 Å². The number of rotatable bonds is 5. The number of imidazole rings is 1. The Morgan fingerprint density at radius 3 is 2.44 bits per heavy atom. The van der Waals surface area contributed by atoms with E-state index in [-0.39, 0.29) is 0 Å². The number of piperidine rings is 1. The van der Waals surface area contributed by atoms with E-state index in [4.69, 9.17) is 0 Å². The predicted molar refractivity (Wildman–Crippen MR) is 101 cm³/mol. The third-order valence-corrected chi connectivity index (χ3v) is 5.35. The maximum atomic E-state index is 10.9. The molecule has 0 spiro atoms. The van der Waals surface area contributed by atoms with Crippen molar-refractivity contribution in [1.29, 1.82) is 0 Å². The molecular formula is C21H25N3O. The van der Waals surface area contributed by atoms with Crippen molar-refractivity contribution in [3.8, 4) is 0 Å². The number of aromatic nitrogens is 2. The highest BCUT2D eigenvalue weighted by atomic mass is 16.3. The molecule has 1 aromatic heterocycles. The van der Waals surface area contributed by atoms with Gasteiger partial charge in [-0.15, -0.1) is 0 Å². The van der Waals surface area contributed by atoms with Gasteiger partial charge in [0, 0.05) is 32.6 Å². The molecular weight excluding hydrogens is 310 g/mol. The normalized spacial score (nSPS) is 17.8. The van der Waals surface area contributed by atoms with E-state index >= 15 is 0 Å². The first-order valence-electron chi connectivity index (χ1n) is 9.10. The first-order valence-corrected chi connectivity index (χ1v) is 9.10. The molecule has 4 nitrogen and oxygen atoms in total. The average molecular weight is 335 g/mol. The lowest BCUT2D eigenvalue weighted by molar-refractivity contribution is -0.0211. The Kier molecular flexibility index (Phi) is 4.55. The van der Waals surface area contributed by atoms with Crippen LogP contribution in [0.3, 0.4) is 0 Å². The molecule has 0 saturated carbocycles. The van der Waals surface area contributed by atoms with Crippen LogP contribution in [-0.2, 0) is 13.0 Å². The zero-order chi connectivity index (χ0) is 17.1. The van der Waals surface area contributed by atoms with Crippen LogP contribution in [0, 0.1) is 0 Å². The molecule has 4 rings (SSSR count). The fourth-order valence-electron chi connectivity index (χ4n) is 3.78. The molecule has 0 aliphatic carbocycles. The van der Waals surface area contributed by atoms with Crippen LogP contribution in [0.1, 0.15) is 18.4 Å². The molecule has 1 N–H and O–H groups in total. The molecule has 1 fully saturated rings. The van der Waals surface area contributed by atoms with Crippen molar-refractivity contribution >= 4 is 11.0 Å². The number of hydrogen-bond donors (Lipinski definition) is 1. The van der Waals surface area contributed by atoms with E-state index in [1.807, 2.05) is 30.6 Å². The van der Waals surface area contributed by atoms with Gasteiger partial charge in [-0.3, -0.25) is 0 Å². The highest BCUT2D eigenvalue weighted by Crippen LogP contribution is 2.26. The molecule has 1 aliphatic rings. The summed E-state index contributed by atoms with van der Waals surface area (Å²) >= 11 is 0. The van der Waals surface area contributed by atoms with Crippen LogP contribution < -0.4 is 0 Å². The Morgan fingerprint density at radius 1 is 0.920 bits per heavy atom. The Morgan fingerprint density at radius 2 is 1.64 bits per heavy atom. The summed E-state index contributed by atoms with van der Waals surface area (Å²) in [5.74, 6) is 0. The zero-order valence-electron chi connectivity index (χ0n) is 14.5. The van der Waals surface area contributed by atoms with Crippen molar-refractivity contribution < 1.29 is 5.11 Å². The summed E-state index contributed by atoms with van der Waals surface area (Å²) in [6, 6.07) is 18.6. The molecule has 0 unspecified atom stereocenters. The quantitative estimate of drug-likeness (QED) is 0.779. The maximum absolute atomic E-state index is 10.9. The molecule has 0 radical (unpaired) electrons. The summed E-state index contributed by atoms with van der Waals surface area (Å²) in [6.45, 7) is 3.85. The second-order valence-electron chi connectivity index (χ2n) is 7.16. The second kappa shape index (κ2) is 6.98. The molecule has 0 amide bonds. The highest BCUT2D eigenvalue weighted by Gasteiger charge is 2.32. The van der Waals surface area contributed by atoms with Crippen molar-refractivity contribution in [2.24, 2.45) is 0 Å². The molecule has 0 bridgehead atoms. The number of nitrogens with zero attached hydrogens (tertiary/aromatic N) is 3. The number of fused-ring (bicyclic) bond motifs is 1. The predicted octanol–water partition coefficient (Wildman–Crippen LogP) is 3.11. The summed E-state index contributed by atoms with van der Waals surface area (Å²) in [4.78, 5) is 6.91. The van der Waals surface area contributed by atoms with E-state index in [1.165, 1.54) is 11.1 Å². The first-order chi connectivity index (χ1) is 12.2. The number of benzene rings is 2. The van der Waals surface area contributed by atoms with Crippen LogP contribution in [0.2, 0.25) is 0 Å². The fraction of sp³-hybridized carbons (Fsp3) is 0.381. The molecule has 4 heteroatoms. The Bertz CT molecular complexity index is 819. The lowest BCUT2D eigenvalue weighted by Crippen LogP contribution is -2.46. The minimum Gasteiger partial charge on any atom is -0.389 e. The van der Waals surface area contributed by atoms with Gasteiger partial charge in [0.1, 0.15) is 0 Å². The number of aliphatic hydroxyl groups is 1. The lowest BCUT2D eigenvalue weighted by atomic mass is 9.85. The second-order valence-corrected chi connectivity index (χ2v) is 7.16. The summed E-state index contributed by atoms with van der Waals surface area (Å²) in [5, 5.41) is 10.9. The van der Waals surface area contributed by atoms with Gasteiger partial charge >= 0.3 is 0 Å². The van der Waals surface area contributed by atoms with Crippen molar-refractivity contribution in [2.45, 2.75) is 31.4 Å². The minimum atomic E-state index is -0.556. The smallest absolute Gasteiger partial charge is 0.0958 e. The van der Waals surface area contributed by atoms with Gasteiger partial charge in [0.2, 0.25) is 0 Å². The van der Waals surface area contributed by atoms with Crippen LogP contribution >= 0.6 is 0 Å². The first kappa shape index (κ1) is 16.3. The Labute approximate surface area is 148 Å². The minimum absolute atomic E-state index is 0.556. The molecule has 1 aliphatic heterocycles. The van der Waals surface area contributed by atoms with Gasteiger partial charge in [-0.05, 0) is 30.5 Å². The zero-order valence-corrected chi connectivity index (χ0v) is 14.5. The van der Waals surface area contributed by atoms with E-state index in [0.29, 0.717) is 0 Å². The van der Waals surface area contributed by atoms with E-state index in [9.17, 15) is 5.11 Å². The molecule has 130 valence electrons.